The van der Waals surface area contributed by atoms with Gasteiger partial charge in [-0.2, -0.15) is 0 Å². The highest BCUT2D eigenvalue weighted by Crippen LogP contribution is 2.39. The Morgan fingerprint density at radius 1 is 1.19 bits per heavy atom. The Balaban J connectivity index is 1.83. The summed E-state index contributed by atoms with van der Waals surface area (Å²) in [6.07, 6.45) is 1.56. The van der Waals surface area contributed by atoms with Gasteiger partial charge in [-0.05, 0) is 54.8 Å². The molecule has 168 valence electrons. The molecule has 6 nitrogen and oxygen atoms in total. The lowest BCUT2D eigenvalue weighted by Crippen LogP contribution is -2.49. The first-order chi connectivity index (χ1) is 14.9. The molecule has 0 bridgehead atoms. The summed E-state index contributed by atoms with van der Waals surface area (Å²) in [6, 6.07) is 10.1. The predicted octanol–water partition coefficient (Wildman–Crippen LogP) is 3.94. The summed E-state index contributed by atoms with van der Waals surface area (Å²) in [7, 11) is 3.44. The monoisotopic (exact) mass is 443 g/mol. The van der Waals surface area contributed by atoms with E-state index >= 15 is 0 Å². The van der Waals surface area contributed by atoms with Crippen molar-refractivity contribution in [3.63, 3.8) is 0 Å². The zero-order chi connectivity index (χ0) is 22.4. The van der Waals surface area contributed by atoms with Crippen molar-refractivity contribution < 1.29 is 14.3 Å². The van der Waals surface area contributed by atoms with Crippen LogP contribution in [0.2, 0.25) is 0 Å². The van der Waals surface area contributed by atoms with Crippen molar-refractivity contribution in [1.82, 2.24) is 14.7 Å². The fourth-order valence-corrected chi connectivity index (χ4v) is 5.00. The van der Waals surface area contributed by atoms with Crippen molar-refractivity contribution in [3.05, 3.63) is 57.3 Å². The van der Waals surface area contributed by atoms with E-state index in [9.17, 15) is 9.59 Å². The Bertz CT molecular complexity index is 896. The van der Waals surface area contributed by atoms with E-state index in [1.807, 2.05) is 24.0 Å². The van der Waals surface area contributed by atoms with Gasteiger partial charge in [0.1, 0.15) is 6.54 Å². The SMILES string of the molecule is CCOCCCN(CC(=O)N1CCc2sccc2C1c1ccccc1C)C(=O)N(C)C. The summed E-state index contributed by atoms with van der Waals surface area (Å²) < 4.78 is 5.42. The summed E-state index contributed by atoms with van der Waals surface area (Å²) in [5, 5.41) is 2.11. The van der Waals surface area contributed by atoms with Gasteiger partial charge in [-0.25, -0.2) is 4.79 Å². The van der Waals surface area contributed by atoms with Crippen molar-refractivity contribution in [2.75, 3.05) is 46.9 Å². The minimum Gasteiger partial charge on any atom is -0.382 e. The summed E-state index contributed by atoms with van der Waals surface area (Å²) in [6.45, 7) is 6.50. The highest BCUT2D eigenvalue weighted by molar-refractivity contribution is 7.10. The van der Waals surface area contributed by atoms with Gasteiger partial charge in [0.05, 0.1) is 6.04 Å². The van der Waals surface area contributed by atoms with Crippen LogP contribution in [0.15, 0.2) is 35.7 Å². The molecule has 0 N–H and O–H groups in total. The molecule has 1 aromatic carbocycles. The normalized spacial score (nSPS) is 15.5. The highest BCUT2D eigenvalue weighted by atomic mass is 32.1. The first kappa shape index (κ1) is 23.3. The number of rotatable bonds is 8. The Labute approximate surface area is 189 Å². The molecule has 7 heteroatoms. The van der Waals surface area contributed by atoms with Gasteiger partial charge in [-0.15, -0.1) is 11.3 Å². The van der Waals surface area contributed by atoms with Crippen molar-refractivity contribution >= 4 is 23.3 Å². The van der Waals surface area contributed by atoms with Gasteiger partial charge in [-0.1, -0.05) is 24.3 Å². The lowest BCUT2D eigenvalue weighted by Gasteiger charge is -2.38. The largest absolute Gasteiger partial charge is 0.382 e. The molecule has 1 aliphatic rings. The molecule has 31 heavy (non-hydrogen) atoms. The smallest absolute Gasteiger partial charge is 0.319 e. The summed E-state index contributed by atoms with van der Waals surface area (Å²) >= 11 is 1.76. The van der Waals surface area contributed by atoms with Crippen LogP contribution in [0, 0.1) is 6.92 Å². The lowest BCUT2D eigenvalue weighted by molar-refractivity contribution is -0.134. The maximum absolute atomic E-state index is 13.5. The van der Waals surface area contributed by atoms with Crippen LogP contribution >= 0.6 is 11.3 Å². The molecular weight excluding hydrogens is 410 g/mol. The van der Waals surface area contributed by atoms with E-state index < -0.39 is 0 Å². The number of hydrogen-bond donors (Lipinski definition) is 0. The second-order valence-electron chi connectivity index (χ2n) is 8.04. The third-order valence-corrected chi connectivity index (χ3v) is 6.67. The van der Waals surface area contributed by atoms with Crippen LogP contribution < -0.4 is 0 Å². The molecule has 2 heterocycles. The number of ether oxygens (including phenoxy) is 1. The Hall–Kier alpha value is -2.38. The molecular formula is C24H33N3O3S. The molecule has 3 rings (SSSR count). The Morgan fingerprint density at radius 3 is 2.68 bits per heavy atom. The third kappa shape index (κ3) is 5.46. The fraction of sp³-hybridized carbons (Fsp3) is 0.500. The molecule has 1 atom stereocenters. The molecule has 1 aromatic heterocycles. The molecule has 0 spiro atoms. The van der Waals surface area contributed by atoms with Crippen LogP contribution in [0.4, 0.5) is 4.79 Å². The first-order valence-electron chi connectivity index (χ1n) is 10.9. The number of fused-ring (bicyclic) bond motifs is 1. The van der Waals surface area contributed by atoms with E-state index in [0.717, 1.165) is 12.0 Å². The van der Waals surface area contributed by atoms with Gasteiger partial charge in [0.2, 0.25) is 5.91 Å². The second-order valence-corrected chi connectivity index (χ2v) is 9.05. The lowest BCUT2D eigenvalue weighted by atomic mass is 9.90. The highest BCUT2D eigenvalue weighted by Gasteiger charge is 2.34. The molecule has 0 saturated carbocycles. The number of amides is 3. The Kier molecular flexibility index (Phi) is 8.09. The molecule has 0 radical (unpaired) electrons. The maximum atomic E-state index is 13.5. The van der Waals surface area contributed by atoms with Crippen LogP contribution in [-0.2, 0) is 16.0 Å². The first-order valence-corrected chi connectivity index (χ1v) is 11.8. The van der Waals surface area contributed by atoms with Gasteiger partial charge in [0.15, 0.2) is 0 Å². The average molecular weight is 444 g/mol. The van der Waals surface area contributed by atoms with Gasteiger partial charge in [-0.3, -0.25) is 4.79 Å². The van der Waals surface area contributed by atoms with E-state index in [-0.39, 0.29) is 24.5 Å². The van der Waals surface area contributed by atoms with Gasteiger partial charge in [0.25, 0.3) is 0 Å². The molecule has 1 aliphatic heterocycles. The number of aryl methyl sites for hydroxylation is 1. The van der Waals surface area contributed by atoms with Crippen molar-refractivity contribution in [3.8, 4) is 0 Å². The van der Waals surface area contributed by atoms with E-state index in [1.165, 1.54) is 20.9 Å². The number of nitrogens with zero attached hydrogens (tertiary/aromatic N) is 3. The van der Waals surface area contributed by atoms with E-state index in [4.69, 9.17) is 4.74 Å². The molecule has 0 saturated heterocycles. The van der Waals surface area contributed by atoms with Crippen molar-refractivity contribution in [2.24, 2.45) is 0 Å². The van der Waals surface area contributed by atoms with Crippen LogP contribution in [0.3, 0.4) is 0 Å². The van der Waals surface area contributed by atoms with Crippen LogP contribution in [0.25, 0.3) is 0 Å². The zero-order valence-corrected chi connectivity index (χ0v) is 19.8. The predicted molar refractivity (Wildman–Crippen MR) is 125 cm³/mol. The molecule has 1 unspecified atom stereocenters. The molecule has 3 amide bonds. The number of carbonyl (C=O) groups excluding carboxylic acids is 2. The van der Waals surface area contributed by atoms with E-state index in [0.29, 0.717) is 32.7 Å². The van der Waals surface area contributed by atoms with E-state index in [1.54, 1.807) is 30.3 Å². The van der Waals surface area contributed by atoms with Crippen molar-refractivity contribution in [2.45, 2.75) is 32.7 Å². The summed E-state index contributed by atoms with van der Waals surface area (Å²) in [5.74, 6) is -0.0169. The van der Waals surface area contributed by atoms with Crippen LogP contribution in [0.1, 0.15) is 41.0 Å². The molecule has 0 aliphatic carbocycles. The maximum Gasteiger partial charge on any atom is 0.319 e. The number of thiophene rings is 1. The standard InChI is InChI=1S/C24H33N3O3S/c1-5-30-15-8-13-26(24(29)25(3)4)17-22(28)27-14-11-21-20(12-16-31-21)23(27)19-10-7-6-9-18(19)2/h6-7,9-10,12,16,23H,5,8,11,13-15,17H2,1-4H3. The van der Waals surface area contributed by atoms with E-state index in [2.05, 4.69) is 30.5 Å². The number of hydrogen-bond acceptors (Lipinski definition) is 4. The van der Waals surface area contributed by atoms with Gasteiger partial charge >= 0.3 is 6.03 Å². The zero-order valence-electron chi connectivity index (χ0n) is 19.0. The van der Waals surface area contributed by atoms with Crippen molar-refractivity contribution in [1.29, 1.82) is 0 Å². The minimum atomic E-state index is -0.148. The number of carbonyl (C=O) groups is 2. The van der Waals surface area contributed by atoms with Gasteiger partial charge in [0, 0.05) is 45.3 Å². The average Bonchev–Trinajstić information content (AvgIpc) is 3.24. The van der Waals surface area contributed by atoms with Crippen LogP contribution in [0.5, 0.6) is 0 Å². The summed E-state index contributed by atoms with van der Waals surface area (Å²) in [4.78, 5) is 32.7. The molecule has 0 fully saturated rings. The minimum absolute atomic E-state index is 0.0169. The molecule has 2 aromatic rings. The second kappa shape index (κ2) is 10.8. The topological polar surface area (TPSA) is 53.1 Å². The summed E-state index contributed by atoms with van der Waals surface area (Å²) in [5.41, 5.74) is 3.53. The third-order valence-electron chi connectivity index (χ3n) is 5.67. The number of benzene rings is 1. The quantitative estimate of drug-likeness (QED) is 0.581. The van der Waals surface area contributed by atoms with Crippen LogP contribution in [-0.4, -0.2) is 73.6 Å². The van der Waals surface area contributed by atoms with Gasteiger partial charge < -0.3 is 19.4 Å². The Morgan fingerprint density at radius 2 is 1.97 bits per heavy atom. The number of urea groups is 1. The fourth-order valence-electron chi connectivity index (χ4n) is 4.10.